The molecule has 0 atom stereocenters. The number of fused-ring (bicyclic) bond motifs is 1. The van der Waals surface area contributed by atoms with Crippen molar-refractivity contribution in [1.82, 2.24) is 0 Å². The summed E-state index contributed by atoms with van der Waals surface area (Å²) < 4.78 is 5.30. The molecule has 0 aromatic heterocycles. The van der Waals surface area contributed by atoms with Crippen molar-refractivity contribution in [3.63, 3.8) is 0 Å². The zero-order valence-electron chi connectivity index (χ0n) is 6.95. The molecule has 3 N–H and O–H groups in total. The van der Waals surface area contributed by atoms with Gasteiger partial charge in [0.05, 0.1) is 0 Å². The van der Waals surface area contributed by atoms with Gasteiger partial charge in [-0.15, -0.1) is 0 Å². The normalized spacial score (nSPS) is 13.2. The van der Waals surface area contributed by atoms with Gasteiger partial charge in [0.15, 0.2) is 0 Å². The number of nitrogen functional groups attached to an aromatic ring is 1. The first kappa shape index (κ1) is 7.79. The molecular formula is C9H9N3O. The van der Waals surface area contributed by atoms with Crippen LogP contribution in [0.25, 0.3) is 0 Å². The van der Waals surface area contributed by atoms with Crippen LogP contribution in [0.15, 0.2) is 23.2 Å². The van der Waals surface area contributed by atoms with E-state index in [0.717, 1.165) is 11.4 Å². The second kappa shape index (κ2) is 2.90. The van der Waals surface area contributed by atoms with Crippen LogP contribution in [0.1, 0.15) is 5.56 Å². The summed E-state index contributed by atoms with van der Waals surface area (Å²) in [5.41, 5.74) is 6.74. The molecule has 2 rings (SSSR count). The molecule has 13 heavy (non-hydrogen) atoms. The molecule has 0 radical (unpaired) electrons. The quantitative estimate of drug-likeness (QED) is 0.495. The minimum absolute atomic E-state index is 0.0450. The molecule has 0 fully saturated rings. The van der Waals surface area contributed by atoms with Crippen LogP contribution in [0.4, 0.5) is 5.69 Å². The lowest BCUT2D eigenvalue weighted by Crippen LogP contribution is -2.11. The number of benzene rings is 1. The molecule has 0 saturated heterocycles. The average molecular weight is 175 g/mol. The number of nitrogens with zero attached hydrogens (tertiary/aromatic N) is 1. The number of amidine groups is 1. The Bertz CT molecular complexity index is 384. The number of ether oxygens (including phenoxy) is 1. The van der Waals surface area contributed by atoms with Gasteiger partial charge >= 0.3 is 0 Å². The van der Waals surface area contributed by atoms with Crippen LogP contribution in [0.2, 0.25) is 0 Å². The Morgan fingerprint density at radius 3 is 3.15 bits per heavy atom. The van der Waals surface area contributed by atoms with Crippen molar-refractivity contribution < 1.29 is 4.74 Å². The summed E-state index contributed by atoms with van der Waals surface area (Å²) in [5, 5.41) is 7.24. The van der Waals surface area contributed by atoms with E-state index in [-0.39, 0.29) is 5.84 Å². The monoisotopic (exact) mass is 175 g/mol. The van der Waals surface area contributed by atoms with E-state index in [9.17, 15) is 0 Å². The second-order valence-corrected chi connectivity index (χ2v) is 2.72. The van der Waals surface area contributed by atoms with Crippen molar-refractivity contribution in [2.75, 3.05) is 6.61 Å². The van der Waals surface area contributed by atoms with Crippen LogP contribution in [0.5, 0.6) is 5.75 Å². The number of hydrogen-bond acceptors (Lipinski definition) is 3. The van der Waals surface area contributed by atoms with Crippen molar-refractivity contribution in [1.29, 1.82) is 5.41 Å². The SMILES string of the molecule is N=C(N)c1ccc2c(c1)N=CCO2. The minimum Gasteiger partial charge on any atom is -0.486 e. The van der Waals surface area contributed by atoms with Gasteiger partial charge < -0.3 is 10.5 Å². The van der Waals surface area contributed by atoms with Gasteiger partial charge in [-0.05, 0) is 18.2 Å². The number of rotatable bonds is 1. The Labute approximate surface area is 75.6 Å². The molecule has 1 aliphatic heterocycles. The first-order valence-electron chi connectivity index (χ1n) is 3.91. The lowest BCUT2D eigenvalue weighted by Gasteiger charge is -2.11. The van der Waals surface area contributed by atoms with Gasteiger partial charge in [0, 0.05) is 11.8 Å². The fraction of sp³-hybridized carbons (Fsp3) is 0.111. The Morgan fingerprint density at radius 2 is 2.38 bits per heavy atom. The molecule has 0 amide bonds. The molecule has 4 heteroatoms. The summed E-state index contributed by atoms with van der Waals surface area (Å²) in [6.45, 7) is 0.506. The fourth-order valence-electron chi connectivity index (χ4n) is 1.17. The predicted molar refractivity (Wildman–Crippen MR) is 51.1 cm³/mol. The van der Waals surface area contributed by atoms with Gasteiger partial charge in [0.2, 0.25) is 0 Å². The van der Waals surface area contributed by atoms with E-state index < -0.39 is 0 Å². The highest BCUT2D eigenvalue weighted by atomic mass is 16.5. The van der Waals surface area contributed by atoms with Gasteiger partial charge in [0.1, 0.15) is 23.9 Å². The van der Waals surface area contributed by atoms with Crippen LogP contribution < -0.4 is 10.5 Å². The molecule has 1 aliphatic rings. The van der Waals surface area contributed by atoms with Crippen molar-refractivity contribution in [2.45, 2.75) is 0 Å². The highest BCUT2D eigenvalue weighted by Gasteiger charge is 2.07. The number of aliphatic imine (C=N–C) groups is 1. The lowest BCUT2D eigenvalue weighted by molar-refractivity contribution is 0.377. The standard InChI is InChI=1S/C9H9N3O/c10-9(11)6-1-2-8-7(5-6)12-3-4-13-8/h1-3,5H,4H2,(H3,10,11). The third kappa shape index (κ3) is 1.38. The lowest BCUT2D eigenvalue weighted by atomic mass is 10.1. The van der Waals surface area contributed by atoms with E-state index >= 15 is 0 Å². The van der Waals surface area contributed by atoms with E-state index in [1.54, 1.807) is 24.4 Å². The largest absolute Gasteiger partial charge is 0.486 e. The summed E-state index contributed by atoms with van der Waals surface area (Å²) in [5.74, 6) is 0.788. The van der Waals surface area contributed by atoms with E-state index in [1.807, 2.05) is 0 Å². The van der Waals surface area contributed by atoms with Crippen LogP contribution in [0, 0.1) is 5.41 Å². The second-order valence-electron chi connectivity index (χ2n) is 2.72. The number of hydrogen-bond donors (Lipinski definition) is 2. The molecule has 66 valence electrons. The zero-order chi connectivity index (χ0) is 9.26. The van der Waals surface area contributed by atoms with E-state index in [0.29, 0.717) is 12.2 Å². The van der Waals surface area contributed by atoms with E-state index in [1.165, 1.54) is 0 Å². The van der Waals surface area contributed by atoms with Gasteiger partial charge in [-0.2, -0.15) is 0 Å². The predicted octanol–water partition coefficient (Wildman–Crippen LogP) is 1.07. The molecule has 1 aromatic rings. The van der Waals surface area contributed by atoms with Crippen molar-refractivity contribution in [3.05, 3.63) is 23.8 Å². The first-order chi connectivity index (χ1) is 6.27. The van der Waals surface area contributed by atoms with Crippen LogP contribution in [-0.2, 0) is 0 Å². The maximum atomic E-state index is 7.24. The van der Waals surface area contributed by atoms with Gasteiger partial charge in [-0.3, -0.25) is 10.4 Å². The molecule has 0 aliphatic carbocycles. The summed E-state index contributed by atoms with van der Waals surface area (Å²) >= 11 is 0. The summed E-state index contributed by atoms with van der Waals surface area (Å²) in [6, 6.07) is 5.28. The maximum Gasteiger partial charge on any atom is 0.145 e. The average Bonchev–Trinajstić information content (AvgIpc) is 2.17. The van der Waals surface area contributed by atoms with Crippen LogP contribution >= 0.6 is 0 Å². The highest BCUT2D eigenvalue weighted by Crippen LogP contribution is 2.29. The molecule has 0 saturated carbocycles. The number of nitrogens with two attached hydrogens (primary N) is 1. The van der Waals surface area contributed by atoms with Gasteiger partial charge in [-0.1, -0.05) is 0 Å². The molecule has 0 bridgehead atoms. The van der Waals surface area contributed by atoms with Crippen LogP contribution in [0.3, 0.4) is 0 Å². The van der Waals surface area contributed by atoms with Crippen molar-refractivity contribution >= 4 is 17.7 Å². The minimum atomic E-state index is 0.0450. The molecule has 1 aromatic carbocycles. The third-order valence-corrected chi connectivity index (χ3v) is 1.81. The molecule has 0 unspecified atom stereocenters. The Morgan fingerprint density at radius 1 is 1.54 bits per heavy atom. The Balaban J connectivity index is 2.48. The fourth-order valence-corrected chi connectivity index (χ4v) is 1.17. The van der Waals surface area contributed by atoms with E-state index in [4.69, 9.17) is 15.9 Å². The van der Waals surface area contributed by atoms with Crippen molar-refractivity contribution in [2.24, 2.45) is 10.7 Å². The molecule has 4 nitrogen and oxygen atoms in total. The first-order valence-corrected chi connectivity index (χ1v) is 3.91. The van der Waals surface area contributed by atoms with E-state index in [2.05, 4.69) is 4.99 Å². The third-order valence-electron chi connectivity index (χ3n) is 1.81. The maximum absolute atomic E-state index is 7.24. The van der Waals surface area contributed by atoms with Crippen molar-refractivity contribution in [3.8, 4) is 5.75 Å². The molecule has 1 heterocycles. The highest BCUT2D eigenvalue weighted by molar-refractivity contribution is 5.96. The smallest absolute Gasteiger partial charge is 0.145 e. The van der Waals surface area contributed by atoms with Gasteiger partial charge in [-0.25, -0.2) is 0 Å². The zero-order valence-corrected chi connectivity index (χ0v) is 6.95. The number of nitrogens with one attached hydrogen (secondary N) is 1. The summed E-state index contributed by atoms with van der Waals surface area (Å²) in [4.78, 5) is 4.13. The Kier molecular flexibility index (Phi) is 1.73. The summed E-state index contributed by atoms with van der Waals surface area (Å²) in [7, 11) is 0. The Hall–Kier alpha value is -1.84. The van der Waals surface area contributed by atoms with Crippen LogP contribution in [-0.4, -0.2) is 18.7 Å². The molecule has 0 spiro atoms. The summed E-state index contributed by atoms with van der Waals surface area (Å²) in [6.07, 6.45) is 1.69. The van der Waals surface area contributed by atoms with Gasteiger partial charge in [0.25, 0.3) is 0 Å². The molecular weight excluding hydrogens is 166 g/mol. The topological polar surface area (TPSA) is 71.5 Å².